The lowest BCUT2D eigenvalue weighted by atomic mass is 10.2. The summed E-state index contributed by atoms with van der Waals surface area (Å²) < 4.78 is 39.1. The average molecular weight is 550 g/mol. The highest BCUT2D eigenvalue weighted by Gasteiger charge is 2.30. The van der Waals surface area contributed by atoms with Gasteiger partial charge in [0, 0.05) is 31.2 Å². The number of piperazine rings is 1. The molecule has 1 amide bonds. The van der Waals surface area contributed by atoms with Crippen LogP contribution in [0.3, 0.4) is 0 Å². The number of rotatable bonds is 7. The van der Waals surface area contributed by atoms with Gasteiger partial charge in [0.05, 0.1) is 41.1 Å². The first-order valence-corrected chi connectivity index (χ1v) is 13.3. The van der Waals surface area contributed by atoms with Gasteiger partial charge in [-0.2, -0.15) is 4.31 Å². The molecular formula is C25H25Cl2N3O5S. The van der Waals surface area contributed by atoms with E-state index in [1.807, 2.05) is 24.3 Å². The third kappa shape index (κ3) is 5.39. The number of nitrogens with zero attached hydrogens (tertiary/aromatic N) is 2. The minimum absolute atomic E-state index is 0.0477. The summed E-state index contributed by atoms with van der Waals surface area (Å²) in [5.41, 5.74) is 1.33. The Morgan fingerprint density at radius 3 is 2.25 bits per heavy atom. The lowest BCUT2D eigenvalue weighted by molar-refractivity contribution is 0.102. The summed E-state index contributed by atoms with van der Waals surface area (Å²) in [5, 5.41) is 3.27. The van der Waals surface area contributed by atoms with Crippen molar-refractivity contribution in [2.24, 2.45) is 0 Å². The summed E-state index contributed by atoms with van der Waals surface area (Å²) in [6, 6.07) is 16.5. The molecule has 4 rings (SSSR count). The molecule has 3 aromatic carbocycles. The van der Waals surface area contributed by atoms with Crippen LogP contribution in [0.5, 0.6) is 11.5 Å². The molecule has 0 atom stereocenters. The third-order valence-corrected chi connectivity index (χ3v) is 8.34. The van der Waals surface area contributed by atoms with E-state index < -0.39 is 15.9 Å². The third-order valence-electron chi connectivity index (χ3n) is 5.90. The summed E-state index contributed by atoms with van der Waals surface area (Å²) in [5.74, 6) is 0.536. The van der Waals surface area contributed by atoms with Crippen LogP contribution in [0.15, 0.2) is 65.6 Å². The van der Waals surface area contributed by atoms with Crippen molar-refractivity contribution in [2.45, 2.75) is 4.90 Å². The van der Waals surface area contributed by atoms with Crippen LogP contribution in [0.2, 0.25) is 10.0 Å². The highest BCUT2D eigenvalue weighted by molar-refractivity contribution is 7.89. The Morgan fingerprint density at radius 1 is 0.889 bits per heavy atom. The predicted molar refractivity (Wildman–Crippen MR) is 141 cm³/mol. The second kappa shape index (κ2) is 11.0. The molecule has 0 aliphatic carbocycles. The van der Waals surface area contributed by atoms with Gasteiger partial charge in [0.15, 0.2) is 0 Å². The van der Waals surface area contributed by atoms with E-state index in [2.05, 4.69) is 10.2 Å². The zero-order valence-electron chi connectivity index (χ0n) is 19.7. The van der Waals surface area contributed by atoms with E-state index in [1.54, 1.807) is 13.2 Å². The van der Waals surface area contributed by atoms with Gasteiger partial charge in [-0.15, -0.1) is 0 Å². The summed E-state index contributed by atoms with van der Waals surface area (Å²) in [6.07, 6.45) is 0. The minimum atomic E-state index is -3.82. The molecule has 1 saturated heterocycles. The van der Waals surface area contributed by atoms with Crippen LogP contribution in [0.4, 0.5) is 11.4 Å². The van der Waals surface area contributed by atoms with Crippen LogP contribution in [0.25, 0.3) is 0 Å². The first-order valence-electron chi connectivity index (χ1n) is 11.1. The van der Waals surface area contributed by atoms with Crippen LogP contribution in [0, 0.1) is 0 Å². The number of hydrogen-bond donors (Lipinski definition) is 1. The standard InChI is InChI=1S/C25H25Cl2N3O5S/c1-34-23-10-8-18(16-21(23)28-25(31)19-9-7-17(26)15-20(19)27)36(32,33)30-13-11-29(12-14-30)22-5-3-4-6-24(22)35-2/h3-10,15-16H,11-14H2,1-2H3,(H,28,31). The zero-order chi connectivity index (χ0) is 25.9. The van der Waals surface area contributed by atoms with Crippen LogP contribution < -0.4 is 19.7 Å². The molecule has 0 saturated carbocycles. The van der Waals surface area contributed by atoms with E-state index in [9.17, 15) is 13.2 Å². The van der Waals surface area contributed by atoms with Crippen LogP contribution in [0.1, 0.15) is 10.4 Å². The van der Waals surface area contributed by atoms with Gasteiger partial charge in [-0.3, -0.25) is 4.79 Å². The summed E-state index contributed by atoms with van der Waals surface area (Å²) >= 11 is 12.1. The Balaban J connectivity index is 1.53. The van der Waals surface area contributed by atoms with Gasteiger partial charge < -0.3 is 19.7 Å². The number of halogens is 2. The number of carbonyl (C=O) groups is 1. The van der Waals surface area contributed by atoms with E-state index in [4.69, 9.17) is 32.7 Å². The number of nitrogens with one attached hydrogen (secondary N) is 1. The largest absolute Gasteiger partial charge is 0.495 e. The van der Waals surface area contributed by atoms with Crippen LogP contribution in [-0.2, 0) is 10.0 Å². The van der Waals surface area contributed by atoms with Crippen molar-refractivity contribution in [1.82, 2.24) is 4.31 Å². The smallest absolute Gasteiger partial charge is 0.257 e. The van der Waals surface area contributed by atoms with E-state index in [0.717, 1.165) is 11.4 Å². The quantitative estimate of drug-likeness (QED) is 0.456. The number of carbonyl (C=O) groups excluding carboxylic acids is 1. The van der Waals surface area contributed by atoms with Crippen molar-refractivity contribution in [3.63, 3.8) is 0 Å². The zero-order valence-corrected chi connectivity index (χ0v) is 22.0. The maximum absolute atomic E-state index is 13.4. The van der Waals surface area contributed by atoms with E-state index in [0.29, 0.717) is 37.0 Å². The van der Waals surface area contributed by atoms with Gasteiger partial charge >= 0.3 is 0 Å². The first kappa shape index (κ1) is 26.1. The van der Waals surface area contributed by atoms with Crippen molar-refractivity contribution < 1.29 is 22.7 Å². The number of ether oxygens (including phenoxy) is 2. The number of para-hydroxylation sites is 2. The molecule has 0 unspecified atom stereocenters. The SMILES string of the molecule is COc1ccc(S(=O)(=O)N2CCN(c3ccccc3OC)CC2)cc1NC(=O)c1ccc(Cl)cc1Cl. The molecular weight excluding hydrogens is 525 g/mol. The van der Waals surface area contributed by atoms with Crippen molar-refractivity contribution >= 4 is 50.5 Å². The topological polar surface area (TPSA) is 88.2 Å². The van der Waals surface area contributed by atoms with Gasteiger partial charge in [-0.05, 0) is 48.5 Å². The molecule has 0 aromatic heterocycles. The van der Waals surface area contributed by atoms with E-state index >= 15 is 0 Å². The first-order chi connectivity index (χ1) is 17.2. The average Bonchev–Trinajstić information content (AvgIpc) is 2.88. The van der Waals surface area contributed by atoms with Crippen LogP contribution in [-0.4, -0.2) is 59.0 Å². The summed E-state index contributed by atoms with van der Waals surface area (Å²) in [7, 11) is -0.772. The maximum atomic E-state index is 13.4. The number of hydrogen-bond acceptors (Lipinski definition) is 6. The molecule has 1 fully saturated rings. The number of sulfonamides is 1. The molecule has 1 aliphatic rings. The predicted octanol–water partition coefficient (Wildman–Crippen LogP) is 4.77. The number of amides is 1. The Morgan fingerprint density at radius 2 is 1.58 bits per heavy atom. The minimum Gasteiger partial charge on any atom is -0.495 e. The fraction of sp³-hybridized carbons (Fsp3) is 0.240. The molecule has 1 N–H and O–H groups in total. The van der Waals surface area contributed by atoms with Gasteiger partial charge in [-0.1, -0.05) is 35.3 Å². The van der Waals surface area contributed by atoms with Crippen molar-refractivity contribution in [2.75, 3.05) is 50.6 Å². The molecule has 0 radical (unpaired) electrons. The lowest BCUT2D eigenvalue weighted by Gasteiger charge is -2.36. The second-order valence-corrected chi connectivity index (χ2v) is 10.8. The summed E-state index contributed by atoms with van der Waals surface area (Å²) in [6.45, 7) is 1.62. The van der Waals surface area contributed by atoms with E-state index in [1.165, 1.54) is 41.7 Å². The van der Waals surface area contributed by atoms with Crippen molar-refractivity contribution in [3.05, 3.63) is 76.3 Å². The Labute approximate surface area is 220 Å². The molecule has 36 heavy (non-hydrogen) atoms. The number of anilines is 2. The number of benzene rings is 3. The van der Waals surface area contributed by atoms with Gasteiger partial charge in [0.1, 0.15) is 11.5 Å². The molecule has 190 valence electrons. The second-order valence-electron chi connectivity index (χ2n) is 8.00. The molecule has 1 heterocycles. The van der Waals surface area contributed by atoms with Crippen LogP contribution >= 0.6 is 23.2 Å². The summed E-state index contributed by atoms with van der Waals surface area (Å²) in [4.78, 5) is 15.0. The highest BCUT2D eigenvalue weighted by atomic mass is 35.5. The molecule has 3 aromatic rings. The fourth-order valence-corrected chi connectivity index (χ4v) is 5.96. The van der Waals surface area contributed by atoms with Gasteiger partial charge in [0.2, 0.25) is 10.0 Å². The maximum Gasteiger partial charge on any atom is 0.257 e. The normalized spacial score (nSPS) is 14.4. The monoisotopic (exact) mass is 549 g/mol. The van der Waals surface area contributed by atoms with E-state index in [-0.39, 0.29) is 21.2 Å². The molecule has 11 heteroatoms. The lowest BCUT2D eigenvalue weighted by Crippen LogP contribution is -2.48. The molecule has 8 nitrogen and oxygen atoms in total. The van der Waals surface area contributed by atoms with Gasteiger partial charge in [0.25, 0.3) is 5.91 Å². The highest BCUT2D eigenvalue weighted by Crippen LogP contribution is 2.32. The number of methoxy groups -OCH3 is 2. The van der Waals surface area contributed by atoms with Crippen molar-refractivity contribution in [1.29, 1.82) is 0 Å². The Kier molecular flexibility index (Phi) is 7.94. The Hall–Kier alpha value is -2.98. The Bertz CT molecular complexity index is 1380. The molecule has 1 aliphatic heterocycles. The van der Waals surface area contributed by atoms with Gasteiger partial charge in [-0.25, -0.2) is 8.42 Å². The fourth-order valence-electron chi connectivity index (χ4n) is 4.02. The van der Waals surface area contributed by atoms with Crippen molar-refractivity contribution in [3.8, 4) is 11.5 Å². The molecule has 0 bridgehead atoms. The molecule has 0 spiro atoms.